The number of anilines is 3. The molecule has 4 N–H and O–H groups in total. The lowest BCUT2D eigenvalue weighted by Crippen LogP contribution is -2.15. The quantitative estimate of drug-likeness (QED) is 0.646. The van der Waals surface area contributed by atoms with E-state index in [1.165, 1.54) is 0 Å². The Hall–Kier alpha value is -2.37. The highest BCUT2D eigenvalue weighted by Gasteiger charge is 2.02. The minimum Gasteiger partial charge on any atom is -0.399 e. The molecule has 0 aliphatic rings. The number of nitrogens with one attached hydrogen (secondary N) is 2. The highest BCUT2D eigenvalue weighted by molar-refractivity contribution is 5.59. The third kappa shape index (κ3) is 2.17. The van der Waals surface area contributed by atoms with E-state index in [-0.39, 0.29) is 0 Å². The van der Waals surface area contributed by atoms with E-state index in [0.29, 0.717) is 17.2 Å². The van der Waals surface area contributed by atoms with E-state index < -0.39 is 5.69 Å². The Morgan fingerprint density at radius 1 is 1.31 bits per heavy atom. The molecular formula is C10H11N5O. The molecule has 2 rings (SSSR count). The Kier molecular flexibility index (Phi) is 2.55. The first kappa shape index (κ1) is 10.2. The minimum absolute atomic E-state index is 0.438. The first-order chi connectivity index (χ1) is 7.65. The monoisotopic (exact) mass is 217 g/mol. The van der Waals surface area contributed by atoms with Gasteiger partial charge in [0.1, 0.15) is 5.69 Å². The molecule has 0 saturated heterocycles. The van der Waals surface area contributed by atoms with E-state index in [4.69, 9.17) is 5.73 Å². The summed E-state index contributed by atoms with van der Waals surface area (Å²) < 4.78 is 0. The van der Waals surface area contributed by atoms with Crippen molar-refractivity contribution in [2.45, 2.75) is 6.92 Å². The van der Waals surface area contributed by atoms with Crippen molar-refractivity contribution >= 4 is 17.2 Å². The van der Waals surface area contributed by atoms with Crippen LogP contribution >= 0.6 is 0 Å². The van der Waals surface area contributed by atoms with Gasteiger partial charge in [0.15, 0.2) is 5.82 Å². The second kappa shape index (κ2) is 4.01. The number of aryl methyl sites for hydroxylation is 1. The number of hydrogen-bond acceptors (Lipinski definition) is 5. The molecule has 0 spiro atoms. The van der Waals surface area contributed by atoms with E-state index in [0.717, 1.165) is 5.69 Å². The zero-order valence-corrected chi connectivity index (χ0v) is 8.69. The van der Waals surface area contributed by atoms with Crippen LogP contribution in [-0.4, -0.2) is 15.2 Å². The van der Waals surface area contributed by atoms with Crippen LogP contribution in [0.1, 0.15) is 5.69 Å². The number of H-pyrrole nitrogens is 1. The summed E-state index contributed by atoms with van der Waals surface area (Å²) in [4.78, 5) is 14.8. The van der Waals surface area contributed by atoms with Crippen LogP contribution < -0.4 is 16.7 Å². The van der Waals surface area contributed by atoms with Crippen LogP contribution in [0.2, 0.25) is 0 Å². The van der Waals surface area contributed by atoms with Gasteiger partial charge in [0, 0.05) is 11.4 Å². The molecule has 1 aromatic carbocycles. The predicted molar refractivity (Wildman–Crippen MR) is 61.5 cm³/mol. The fraction of sp³-hybridized carbons (Fsp3) is 0.100. The normalized spacial score (nSPS) is 10.1. The number of rotatable bonds is 2. The topological polar surface area (TPSA) is 96.7 Å². The molecule has 1 aromatic heterocycles. The van der Waals surface area contributed by atoms with Crippen molar-refractivity contribution in [1.82, 2.24) is 15.2 Å². The Labute approximate surface area is 91.5 Å². The number of nitrogens with zero attached hydrogens (tertiary/aromatic N) is 2. The summed E-state index contributed by atoms with van der Waals surface area (Å²) in [7, 11) is 0. The molecule has 6 nitrogen and oxygen atoms in total. The second-order valence-electron chi connectivity index (χ2n) is 3.32. The zero-order valence-electron chi connectivity index (χ0n) is 8.69. The first-order valence-electron chi connectivity index (χ1n) is 4.71. The van der Waals surface area contributed by atoms with Crippen molar-refractivity contribution in [3.05, 3.63) is 40.4 Å². The summed E-state index contributed by atoms with van der Waals surface area (Å²) in [6.07, 6.45) is 0. The zero-order chi connectivity index (χ0) is 11.5. The van der Waals surface area contributed by atoms with E-state index in [1.807, 2.05) is 0 Å². The number of aromatic amines is 1. The standard InChI is InChI=1S/C10H11N5O/c1-6-9(13-10(16)15-14-6)12-8-4-2-7(11)3-5-8/h2-5H,11H2,1H3,(H2,12,13,15,16). The molecule has 0 aliphatic carbocycles. The van der Waals surface area contributed by atoms with Gasteiger partial charge in [-0.15, -0.1) is 0 Å². The third-order valence-corrected chi connectivity index (χ3v) is 2.05. The van der Waals surface area contributed by atoms with Gasteiger partial charge in [-0.3, -0.25) is 0 Å². The van der Waals surface area contributed by atoms with Crippen LogP contribution in [0.25, 0.3) is 0 Å². The van der Waals surface area contributed by atoms with Crippen LogP contribution in [0.5, 0.6) is 0 Å². The smallest absolute Gasteiger partial charge is 0.363 e. The van der Waals surface area contributed by atoms with E-state index >= 15 is 0 Å². The van der Waals surface area contributed by atoms with Crippen LogP contribution in [0.4, 0.5) is 17.2 Å². The SMILES string of the molecule is Cc1n[nH]c(=O)nc1Nc1ccc(N)cc1. The molecule has 0 saturated carbocycles. The van der Waals surface area contributed by atoms with Crippen molar-refractivity contribution in [3.63, 3.8) is 0 Å². The van der Waals surface area contributed by atoms with Crippen LogP contribution in [0.3, 0.4) is 0 Å². The molecule has 0 unspecified atom stereocenters. The number of nitrogen functional groups attached to an aromatic ring is 1. The summed E-state index contributed by atoms with van der Waals surface area (Å²) in [6.45, 7) is 1.75. The minimum atomic E-state index is -0.483. The summed E-state index contributed by atoms with van der Waals surface area (Å²) >= 11 is 0. The predicted octanol–water partition coefficient (Wildman–Crippen LogP) is 0.799. The lowest BCUT2D eigenvalue weighted by Gasteiger charge is -2.06. The fourth-order valence-electron chi connectivity index (χ4n) is 1.21. The number of hydrogen-bond donors (Lipinski definition) is 3. The molecule has 0 radical (unpaired) electrons. The van der Waals surface area contributed by atoms with Crippen molar-refractivity contribution in [1.29, 1.82) is 0 Å². The molecule has 16 heavy (non-hydrogen) atoms. The number of benzene rings is 1. The van der Waals surface area contributed by atoms with E-state index in [9.17, 15) is 4.79 Å². The Bertz CT molecular complexity index is 546. The molecule has 0 fully saturated rings. The summed E-state index contributed by atoms with van der Waals surface area (Å²) in [5, 5.41) is 9.05. The van der Waals surface area contributed by atoms with Gasteiger partial charge in [-0.25, -0.2) is 9.89 Å². The van der Waals surface area contributed by atoms with Gasteiger partial charge in [0.05, 0.1) is 0 Å². The maximum Gasteiger partial charge on any atom is 0.363 e. The van der Waals surface area contributed by atoms with Crippen molar-refractivity contribution in [2.75, 3.05) is 11.1 Å². The van der Waals surface area contributed by atoms with Gasteiger partial charge >= 0.3 is 5.69 Å². The lowest BCUT2D eigenvalue weighted by atomic mass is 10.3. The van der Waals surface area contributed by atoms with Crippen LogP contribution in [0, 0.1) is 6.92 Å². The van der Waals surface area contributed by atoms with E-state index in [1.54, 1.807) is 31.2 Å². The average Bonchev–Trinajstić information content (AvgIpc) is 2.27. The second-order valence-corrected chi connectivity index (χ2v) is 3.32. The van der Waals surface area contributed by atoms with Crippen molar-refractivity contribution in [2.24, 2.45) is 0 Å². The van der Waals surface area contributed by atoms with Gasteiger partial charge in [-0.1, -0.05) is 0 Å². The van der Waals surface area contributed by atoms with Crippen molar-refractivity contribution < 1.29 is 0 Å². The maximum absolute atomic E-state index is 11.0. The lowest BCUT2D eigenvalue weighted by molar-refractivity contribution is 0.885. The van der Waals surface area contributed by atoms with Gasteiger partial charge in [0.2, 0.25) is 0 Å². The molecule has 2 aromatic rings. The molecule has 0 atom stereocenters. The molecular weight excluding hydrogens is 206 g/mol. The summed E-state index contributed by atoms with van der Waals surface area (Å²) in [6, 6.07) is 7.13. The van der Waals surface area contributed by atoms with E-state index in [2.05, 4.69) is 20.5 Å². The number of aromatic nitrogens is 3. The molecule has 1 heterocycles. The van der Waals surface area contributed by atoms with Gasteiger partial charge in [0.25, 0.3) is 0 Å². The van der Waals surface area contributed by atoms with Gasteiger partial charge in [-0.05, 0) is 31.2 Å². The molecule has 82 valence electrons. The van der Waals surface area contributed by atoms with Crippen LogP contribution in [0.15, 0.2) is 29.1 Å². The fourth-order valence-corrected chi connectivity index (χ4v) is 1.21. The molecule has 0 amide bonds. The third-order valence-electron chi connectivity index (χ3n) is 2.05. The Balaban J connectivity index is 2.30. The summed E-state index contributed by atoms with van der Waals surface area (Å²) in [5.74, 6) is 0.438. The largest absolute Gasteiger partial charge is 0.399 e. The number of nitrogens with two attached hydrogens (primary N) is 1. The van der Waals surface area contributed by atoms with Gasteiger partial charge < -0.3 is 11.1 Å². The van der Waals surface area contributed by atoms with Crippen LogP contribution in [-0.2, 0) is 0 Å². The Morgan fingerprint density at radius 3 is 2.69 bits per heavy atom. The highest BCUT2D eigenvalue weighted by Crippen LogP contribution is 2.16. The Morgan fingerprint density at radius 2 is 2.00 bits per heavy atom. The maximum atomic E-state index is 11.0. The molecule has 6 heteroatoms. The average molecular weight is 217 g/mol. The first-order valence-corrected chi connectivity index (χ1v) is 4.71. The summed E-state index contributed by atoms with van der Waals surface area (Å²) in [5.41, 5.74) is 7.19. The molecule has 0 aliphatic heterocycles. The van der Waals surface area contributed by atoms with Gasteiger partial charge in [-0.2, -0.15) is 10.1 Å². The molecule has 0 bridgehead atoms. The van der Waals surface area contributed by atoms with Crippen molar-refractivity contribution in [3.8, 4) is 0 Å². The highest BCUT2D eigenvalue weighted by atomic mass is 16.1.